The molecule has 3 N–H and O–H groups in total. The van der Waals surface area contributed by atoms with Crippen molar-refractivity contribution < 1.29 is 8.42 Å². The molecule has 0 aromatic carbocycles. The van der Waals surface area contributed by atoms with Gasteiger partial charge in [-0.15, -0.1) is 11.6 Å². The summed E-state index contributed by atoms with van der Waals surface area (Å²) in [6.07, 6.45) is 2.69. The Morgan fingerprint density at radius 1 is 1.62 bits per heavy atom. The number of alkyl halides is 1. The fraction of sp³-hybridized carbons (Fsp3) is 0.500. The fourth-order valence-corrected chi connectivity index (χ4v) is 2.19. The van der Waals surface area contributed by atoms with Crippen molar-refractivity contribution >= 4 is 21.6 Å². The van der Waals surface area contributed by atoms with Gasteiger partial charge in [0.2, 0.25) is 10.0 Å². The Morgan fingerprint density at radius 2 is 2.23 bits per heavy atom. The average molecular weight is 222 g/mol. The molecule has 1 aliphatic carbocycles. The Bertz CT molecular complexity index is 434. The predicted molar refractivity (Wildman–Crippen MR) is 46.7 cm³/mol. The molecule has 0 spiro atoms. The SMILES string of the molecule is NS(=O)(=O)c1cn[nH]c1C1(Cl)CC1. The molecule has 0 saturated heterocycles. The number of hydrogen-bond donors (Lipinski definition) is 2. The number of rotatable bonds is 2. The molecule has 0 amide bonds. The number of halogens is 1. The summed E-state index contributed by atoms with van der Waals surface area (Å²) in [6, 6.07) is 0. The lowest BCUT2D eigenvalue weighted by Crippen LogP contribution is -2.15. The number of hydrogen-bond acceptors (Lipinski definition) is 3. The molecule has 1 fully saturated rings. The highest BCUT2D eigenvalue weighted by molar-refractivity contribution is 7.89. The largest absolute Gasteiger partial charge is 0.279 e. The summed E-state index contributed by atoms with van der Waals surface area (Å²) in [5, 5.41) is 11.2. The van der Waals surface area contributed by atoms with Crippen molar-refractivity contribution in [2.45, 2.75) is 22.6 Å². The van der Waals surface area contributed by atoms with Crippen LogP contribution in [-0.2, 0) is 14.9 Å². The number of aromatic nitrogens is 2. The van der Waals surface area contributed by atoms with Gasteiger partial charge in [0.25, 0.3) is 0 Å². The van der Waals surface area contributed by atoms with E-state index in [-0.39, 0.29) is 4.90 Å². The Kier molecular flexibility index (Phi) is 1.70. The van der Waals surface area contributed by atoms with E-state index >= 15 is 0 Å². The second-order valence-electron chi connectivity index (χ2n) is 3.12. The van der Waals surface area contributed by atoms with E-state index in [1.807, 2.05) is 0 Å². The topological polar surface area (TPSA) is 88.8 Å². The molecule has 72 valence electrons. The zero-order valence-corrected chi connectivity index (χ0v) is 8.19. The van der Waals surface area contributed by atoms with Crippen LogP contribution < -0.4 is 5.14 Å². The van der Waals surface area contributed by atoms with Gasteiger partial charge in [0.1, 0.15) is 4.90 Å². The third kappa shape index (κ3) is 1.45. The minimum atomic E-state index is -3.71. The minimum Gasteiger partial charge on any atom is -0.279 e. The van der Waals surface area contributed by atoms with E-state index in [0.717, 1.165) is 12.8 Å². The summed E-state index contributed by atoms with van der Waals surface area (Å²) in [5.74, 6) is 0. The van der Waals surface area contributed by atoms with Gasteiger partial charge in [-0.1, -0.05) is 0 Å². The molecular formula is C6H8ClN3O2S. The van der Waals surface area contributed by atoms with Gasteiger partial charge in [0, 0.05) is 0 Å². The Morgan fingerprint density at radius 3 is 2.69 bits per heavy atom. The van der Waals surface area contributed by atoms with E-state index in [1.54, 1.807) is 0 Å². The van der Waals surface area contributed by atoms with E-state index in [9.17, 15) is 8.42 Å². The van der Waals surface area contributed by atoms with Gasteiger partial charge in [0.05, 0.1) is 16.8 Å². The molecule has 0 aliphatic heterocycles. The van der Waals surface area contributed by atoms with Gasteiger partial charge < -0.3 is 0 Å². The number of aromatic amines is 1. The summed E-state index contributed by atoms with van der Waals surface area (Å²) < 4.78 is 22.1. The van der Waals surface area contributed by atoms with Gasteiger partial charge in [-0.2, -0.15) is 5.10 Å². The number of primary sulfonamides is 1. The maximum Gasteiger partial charge on any atom is 0.241 e. The third-order valence-electron chi connectivity index (χ3n) is 2.05. The van der Waals surface area contributed by atoms with E-state index in [4.69, 9.17) is 16.7 Å². The molecule has 1 aliphatic rings. The molecule has 1 heterocycles. The number of nitrogens with two attached hydrogens (primary N) is 1. The first-order valence-corrected chi connectivity index (χ1v) is 5.61. The lowest BCUT2D eigenvalue weighted by atomic mass is 10.3. The van der Waals surface area contributed by atoms with Crippen LogP contribution in [0.3, 0.4) is 0 Å². The van der Waals surface area contributed by atoms with Crippen molar-refractivity contribution in [3.8, 4) is 0 Å². The molecule has 1 aromatic heterocycles. The van der Waals surface area contributed by atoms with Gasteiger partial charge in [0.15, 0.2) is 0 Å². The van der Waals surface area contributed by atoms with Crippen molar-refractivity contribution in [3.05, 3.63) is 11.9 Å². The van der Waals surface area contributed by atoms with Crippen molar-refractivity contribution in [1.29, 1.82) is 0 Å². The summed E-state index contributed by atoms with van der Waals surface area (Å²) in [6.45, 7) is 0. The summed E-state index contributed by atoms with van der Waals surface area (Å²) in [4.78, 5) is -0.585. The zero-order chi connectivity index (χ0) is 9.69. The normalized spacial score (nSPS) is 20.2. The van der Waals surface area contributed by atoms with Gasteiger partial charge in [-0.05, 0) is 12.8 Å². The van der Waals surface area contributed by atoms with Crippen LogP contribution in [0.15, 0.2) is 11.1 Å². The van der Waals surface area contributed by atoms with Crippen molar-refractivity contribution in [3.63, 3.8) is 0 Å². The molecule has 5 nitrogen and oxygen atoms in total. The molecule has 13 heavy (non-hydrogen) atoms. The Balaban J connectivity index is 2.55. The number of nitrogens with zero attached hydrogens (tertiary/aromatic N) is 1. The predicted octanol–water partition coefficient (Wildman–Crippen LogP) is 0.285. The standard InChI is InChI=1S/C6H8ClN3O2S/c7-6(1-2-6)5-4(3-9-10-5)13(8,11)12/h3H,1-2H2,(H,9,10)(H2,8,11,12). The maximum absolute atomic E-state index is 11.0. The van der Waals surface area contributed by atoms with E-state index < -0.39 is 14.9 Å². The maximum atomic E-state index is 11.0. The second-order valence-corrected chi connectivity index (χ2v) is 5.37. The Labute approximate surface area is 80.3 Å². The van der Waals surface area contributed by atoms with E-state index in [1.165, 1.54) is 6.20 Å². The van der Waals surface area contributed by atoms with Crippen LogP contribution >= 0.6 is 11.6 Å². The quantitative estimate of drug-likeness (QED) is 0.704. The lowest BCUT2D eigenvalue weighted by molar-refractivity contribution is 0.596. The summed E-state index contributed by atoms with van der Waals surface area (Å²) >= 11 is 6.03. The smallest absolute Gasteiger partial charge is 0.241 e. The summed E-state index contributed by atoms with van der Waals surface area (Å²) in [5.41, 5.74) is 0.414. The van der Waals surface area contributed by atoms with Crippen LogP contribution in [0, 0.1) is 0 Å². The van der Waals surface area contributed by atoms with Crippen molar-refractivity contribution in [2.75, 3.05) is 0 Å². The average Bonchev–Trinajstić information content (AvgIpc) is 2.60. The molecule has 1 saturated carbocycles. The fourth-order valence-electron chi connectivity index (χ4n) is 1.17. The molecule has 7 heteroatoms. The number of nitrogens with one attached hydrogen (secondary N) is 1. The monoisotopic (exact) mass is 221 g/mol. The molecule has 0 unspecified atom stereocenters. The van der Waals surface area contributed by atoms with Gasteiger partial charge in [-0.3, -0.25) is 5.10 Å². The highest BCUT2D eigenvalue weighted by Gasteiger charge is 2.46. The Hall–Kier alpha value is -0.590. The molecule has 2 rings (SSSR count). The second kappa shape index (κ2) is 2.46. The van der Waals surface area contributed by atoms with Crippen LogP contribution in [0.1, 0.15) is 18.5 Å². The van der Waals surface area contributed by atoms with E-state index in [2.05, 4.69) is 10.2 Å². The van der Waals surface area contributed by atoms with Crippen LogP contribution in [0.2, 0.25) is 0 Å². The summed E-state index contributed by atoms with van der Waals surface area (Å²) in [7, 11) is -3.71. The lowest BCUT2D eigenvalue weighted by Gasteiger charge is -2.04. The zero-order valence-electron chi connectivity index (χ0n) is 6.62. The third-order valence-corrected chi connectivity index (χ3v) is 3.54. The van der Waals surface area contributed by atoms with Crippen LogP contribution in [0.5, 0.6) is 0 Å². The minimum absolute atomic E-state index is 0.000000000000000666. The first-order valence-electron chi connectivity index (χ1n) is 3.69. The number of sulfonamides is 1. The van der Waals surface area contributed by atoms with E-state index in [0.29, 0.717) is 5.69 Å². The highest BCUT2D eigenvalue weighted by atomic mass is 35.5. The van der Waals surface area contributed by atoms with Crippen LogP contribution in [-0.4, -0.2) is 18.6 Å². The van der Waals surface area contributed by atoms with Crippen molar-refractivity contribution in [2.24, 2.45) is 5.14 Å². The highest BCUT2D eigenvalue weighted by Crippen LogP contribution is 2.52. The molecule has 0 radical (unpaired) electrons. The van der Waals surface area contributed by atoms with Crippen molar-refractivity contribution in [1.82, 2.24) is 10.2 Å². The molecule has 1 aromatic rings. The molecule has 0 atom stereocenters. The molecule has 0 bridgehead atoms. The van der Waals surface area contributed by atoms with Gasteiger partial charge in [-0.25, -0.2) is 13.6 Å². The number of H-pyrrole nitrogens is 1. The van der Waals surface area contributed by atoms with Crippen LogP contribution in [0.25, 0.3) is 0 Å². The molecular weight excluding hydrogens is 214 g/mol. The first kappa shape index (κ1) is 8.98. The first-order chi connectivity index (χ1) is 5.93. The van der Waals surface area contributed by atoms with Crippen LogP contribution in [0.4, 0.5) is 0 Å². The van der Waals surface area contributed by atoms with Gasteiger partial charge >= 0.3 is 0 Å².